The molecule has 0 radical (unpaired) electrons. The van der Waals surface area contributed by atoms with Crippen molar-refractivity contribution in [2.24, 2.45) is 50.2 Å². The largest absolute Gasteiger partial charge is 0.481 e. The molecule has 0 spiro atoms. The number of aliphatic hydroxyl groups excluding tert-OH is 9. The maximum Gasteiger partial charge on any atom is 0.335 e. The minimum Gasteiger partial charge on any atom is -0.481 e. The Balaban J connectivity index is 1.08. The quantitative estimate of drug-likeness (QED) is 0.128. The van der Waals surface area contributed by atoms with Gasteiger partial charge >= 0.3 is 11.9 Å². The van der Waals surface area contributed by atoms with Crippen LogP contribution in [0.1, 0.15) is 106 Å². The second-order valence-corrected chi connectivity index (χ2v) is 23.1. The number of carboxylic acids is 2. The lowest BCUT2D eigenvalue weighted by Crippen LogP contribution is -2.69. The second kappa shape index (κ2) is 18.0. The van der Waals surface area contributed by atoms with E-state index in [2.05, 4.69) is 26.8 Å². The van der Waals surface area contributed by atoms with Crippen molar-refractivity contribution in [1.82, 2.24) is 0 Å². The Morgan fingerprint density at radius 1 is 0.721 bits per heavy atom. The number of rotatable bonds is 10. The Labute approximate surface area is 395 Å². The molecule has 4 saturated carbocycles. The number of Topliss-reactive ketones (excluding diaryl/α,β-unsaturated/α-hetero) is 1. The van der Waals surface area contributed by atoms with Crippen molar-refractivity contribution < 1.29 is 99.0 Å². The number of aliphatic hydroxyl groups is 9. The summed E-state index contributed by atoms with van der Waals surface area (Å²) in [6.07, 6.45) is -20.5. The summed E-state index contributed by atoms with van der Waals surface area (Å²) in [5.74, 6) is -2.91. The zero-order valence-corrected chi connectivity index (χ0v) is 39.9. The lowest BCUT2D eigenvalue weighted by atomic mass is 9.33. The third-order valence-corrected chi connectivity index (χ3v) is 19.6. The van der Waals surface area contributed by atoms with Crippen molar-refractivity contribution in [3.8, 4) is 0 Å². The molecule has 5 aliphatic carbocycles. The van der Waals surface area contributed by atoms with Crippen LogP contribution in [0.5, 0.6) is 0 Å². The van der Waals surface area contributed by atoms with Crippen molar-refractivity contribution in [3.63, 3.8) is 0 Å². The molecule has 11 N–H and O–H groups in total. The van der Waals surface area contributed by atoms with Gasteiger partial charge in [0.1, 0.15) is 66.8 Å². The first-order valence-electron chi connectivity index (χ1n) is 24.3. The molecule has 7 fully saturated rings. The first-order valence-corrected chi connectivity index (χ1v) is 24.3. The number of hydrogen-bond donors (Lipinski definition) is 11. The van der Waals surface area contributed by atoms with Crippen LogP contribution >= 0.6 is 0 Å². The third-order valence-electron chi connectivity index (χ3n) is 19.6. The van der Waals surface area contributed by atoms with Gasteiger partial charge in [0, 0.05) is 17.3 Å². The topological polar surface area (TPSA) is 329 Å². The van der Waals surface area contributed by atoms with Gasteiger partial charge in [-0.2, -0.15) is 0 Å². The molecule has 20 nitrogen and oxygen atoms in total. The van der Waals surface area contributed by atoms with E-state index in [1.54, 1.807) is 6.92 Å². The standard InChI is InChI=1S/C48H74O20/c1-20-28(52)30(54)32(56)40(63-20)67-36-31(55)29(53)23(18-49)64-41(36)68-37-34(33(57)35(38(58)59)66-39(37)60)65-27-11-12-45(4)24(46(27,5)19-50)10-13-48(7)25(45)9-8-21-22-16-43(2,42(61)62)17-26(51)44(22,3)14-15-47(21,48)6/h8,20,22-25,27-37,39-41,49-50,52-57,60H,9-19H2,1-7H3,(H,58,59)(H,61,62). The average Bonchev–Trinajstić information content (AvgIpc) is 3.28. The van der Waals surface area contributed by atoms with Crippen molar-refractivity contribution in [2.75, 3.05) is 13.2 Å². The summed E-state index contributed by atoms with van der Waals surface area (Å²) in [6, 6.07) is 0. The van der Waals surface area contributed by atoms with Gasteiger partial charge in [-0.3, -0.25) is 9.59 Å². The van der Waals surface area contributed by atoms with Crippen LogP contribution in [-0.4, -0.2) is 185 Å². The molecule has 25 atom stereocenters. The Morgan fingerprint density at radius 3 is 2.03 bits per heavy atom. The minimum atomic E-state index is -2.14. The van der Waals surface area contributed by atoms with Gasteiger partial charge in [0.05, 0.1) is 30.8 Å². The highest BCUT2D eigenvalue weighted by atomic mass is 16.8. The molecule has 8 aliphatic rings. The van der Waals surface area contributed by atoms with E-state index in [1.165, 1.54) is 12.5 Å². The SMILES string of the molecule is CC1OC(OC2C(OC3C(O)OC(C(=O)O)C(O)C3OC3CCC4(C)C(CCC5(C)C4CC=C4C6CC(C)(C(=O)O)CC(=O)C6(C)CCC45C)C3(C)CO)OC(CO)C(O)C2O)C(O)C(O)C1O. The van der Waals surface area contributed by atoms with E-state index in [4.69, 9.17) is 28.4 Å². The molecule has 3 aliphatic heterocycles. The van der Waals surface area contributed by atoms with Crippen LogP contribution in [0.25, 0.3) is 0 Å². The van der Waals surface area contributed by atoms with Crippen molar-refractivity contribution >= 4 is 17.7 Å². The highest BCUT2D eigenvalue weighted by Crippen LogP contribution is 2.75. The molecule has 68 heavy (non-hydrogen) atoms. The van der Waals surface area contributed by atoms with Gasteiger partial charge in [-0.15, -0.1) is 0 Å². The third kappa shape index (κ3) is 7.77. The van der Waals surface area contributed by atoms with Crippen LogP contribution in [0.15, 0.2) is 11.6 Å². The van der Waals surface area contributed by atoms with Crippen LogP contribution in [-0.2, 0) is 42.8 Å². The normalized spacial score (nSPS) is 54.9. The maximum absolute atomic E-state index is 13.8. The Hall–Kier alpha value is -2.25. The van der Waals surface area contributed by atoms with E-state index < -0.39 is 138 Å². The molecule has 8 rings (SSSR count). The fraction of sp³-hybridized carbons (Fsp3) is 0.896. The molecule has 0 aromatic carbocycles. The van der Waals surface area contributed by atoms with Gasteiger partial charge in [0.15, 0.2) is 25.0 Å². The number of ether oxygens (including phenoxy) is 6. The van der Waals surface area contributed by atoms with Gasteiger partial charge in [0.25, 0.3) is 0 Å². The van der Waals surface area contributed by atoms with E-state index in [1.807, 2.05) is 13.8 Å². The molecule has 3 heterocycles. The van der Waals surface area contributed by atoms with Crippen LogP contribution in [0.3, 0.4) is 0 Å². The summed E-state index contributed by atoms with van der Waals surface area (Å²) < 4.78 is 35.6. The molecular formula is C48H74O20. The molecule has 0 bridgehead atoms. The molecule has 0 aromatic heterocycles. The monoisotopic (exact) mass is 970 g/mol. The number of ketones is 1. The van der Waals surface area contributed by atoms with Crippen molar-refractivity contribution in [1.29, 1.82) is 0 Å². The molecular weight excluding hydrogens is 897 g/mol. The highest BCUT2D eigenvalue weighted by molar-refractivity contribution is 5.92. The predicted molar refractivity (Wildman–Crippen MR) is 232 cm³/mol. The average molecular weight is 971 g/mol. The van der Waals surface area contributed by atoms with E-state index in [-0.39, 0.29) is 47.4 Å². The lowest BCUT2D eigenvalue weighted by molar-refractivity contribution is -0.393. The Morgan fingerprint density at radius 2 is 1.40 bits per heavy atom. The van der Waals surface area contributed by atoms with Crippen molar-refractivity contribution in [2.45, 2.75) is 204 Å². The number of carbonyl (C=O) groups excluding carboxylic acids is 1. The fourth-order valence-corrected chi connectivity index (χ4v) is 14.9. The zero-order chi connectivity index (χ0) is 50.0. The summed E-state index contributed by atoms with van der Waals surface area (Å²) in [6.45, 7) is 12.6. The van der Waals surface area contributed by atoms with Crippen LogP contribution < -0.4 is 0 Å². The minimum absolute atomic E-state index is 0.00188. The van der Waals surface area contributed by atoms with Gasteiger partial charge in [-0.1, -0.05) is 46.3 Å². The van der Waals surface area contributed by atoms with E-state index in [0.29, 0.717) is 38.5 Å². The zero-order valence-electron chi connectivity index (χ0n) is 39.9. The summed E-state index contributed by atoms with van der Waals surface area (Å²) in [7, 11) is 0. The van der Waals surface area contributed by atoms with Gasteiger partial charge in [-0.25, -0.2) is 4.79 Å². The second-order valence-electron chi connectivity index (χ2n) is 23.1. The number of allylic oxidation sites excluding steroid dienone is 2. The summed E-state index contributed by atoms with van der Waals surface area (Å²) in [4.78, 5) is 38.9. The summed E-state index contributed by atoms with van der Waals surface area (Å²) in [5, 5.41) is 119. The first kappa shape index (κ1) is 52.1. The summed E-state index contributed by atoms with van der Waals surface area (Å²) in [5.41, 5.74) is -2.70. The molecule has 20 heteroatoms. The lowest BCUT2D eigenvalue weighted by Gasteiger charge is -2.71. The predicted octanol–water partition coefficient (Wildman–Crippen LogP) is -0.0225. The van der Waals surface area contributed by atoms with Crippen LogP contribution in [0, 0.1) is 50.2 Å². The van der Waals surface area contributed by atoms with E-state index in [9.17, 15) is 70.6 Å². The fourth-order valence-electron chi connectivity index (χ4n) is 14.9. The van der Waals surface area contributed by atoms with E-state index in [0.717, 1.165) is 12.8 Å². The van der Waals surface area contributed by atoms with E-state index >= 15 is 0 Å². The van der Waals surface area contributed by atoms with Gasteiger partial charge < -0.3 is 84.6 Å². The molecule has 386 valence electrons. The smallest absolute Gasteiger partial charge is 0.335 e. The molecule has 0 aromatic rings. The first-order chi connectivity index (χ1) is 31.7. The van der Waals surface area contributed by atoms with Gasteiger partial charge in [-0.05, 0) is 99.2 Å². The van der Waals surface area contributed by atoms with Crippen molar-refractivity contribution in [3.05, 3.63) is 11.6 Å². The summed E-state index contributed by atoms with van der Waals surface area (Å²) >= 11 is 0. The van der Waals surface area contributed by atoms with Gasteiger partial charge in [0.2, 0.25) is 0 Å². The maximum atomic E-state index is 13.8. The van der Waals surface area contributed by atoms with Crippen LogP contribution in [0.2, 0.25) is 0 Å². The highest BCUT2D eigenvalue weighted by Gasteiger charge is 2.70. The number of aliphatic carboxylic acids is 2. The number of carbonyl (C=O) groups is 3. The Bertz CT molecular complexity index is 1970. The number of fused-ring (bicyclic) bond motifs is 7. The molecule has 3 saturated heterocycles. The Kier molecular flexibility index (Phi) is 13.8. The number of carboxylic acid groups (broad SMARTS) is 2. The molecule has 0 amide bonds. The molecule has 25 unspecified atom stereocenters. The van der Waals surface area contributed by atoms with Crippen LogP contribution in [0.4, 0.5) is 0 Å². The number of hydrogen-bond acceptors (Lipinski definition) is 18.